The van der Waals surface area contributed by atoms with Crippen LogP contribution in [-0.4, -0.2) is 11.5 Å². The summed E-state index contributed by atoms with van der Waals surface area (Å²) in [6, 6.07) is 16.2. The molecule has 2 N–H and O–H groups in total. The van der Waals surface area contributed by atoms with Gasteiger partial charge in [-0.05, 0) is 17.7 Å². The molecule has 1 unspecified atom stereocenters. The van der Waals surface area contributed by atoms with Gasteiger partial charge in [-0.3, -0.25) is 4.98 Å². The largest absolute Gasteiger partial charge is 0.329 e. The summed E-state index contributed by atoms with van der Waals surface area (Å²) >= 11 is 0. The maximum absolute atomic E-state index is 5.80. The molecule has 1 aromatic heterocycles. The number of hydrogen-bond acceptors (Lipinski definition) is 2. The third-order valence-electron chi connectivity index (χ3n) is 2.48. The molecule has 0 bridgehead atoms. The third kappa shape index (κ3) is 2.22. The van der Waals surface area contributed by atoms with Crippen LogP contribution >= 0.6 is 0 Å². The lowest BCUT2D eigenvalue weighted by Gasteiger charge is -2.14. The summed E-state index contributed by atoms with van der Waals surface area (Å²) in [5, 5.41) is 0. The van der Waals surface area contributed by atoms with Gasteiger partial charge in [0.05, 0.1) is 0 Å². The van der Waals surface area contributed by atoms with Gasteiger partial charge in [-0.2, -0.15) is 0 Å². The second kappa shape index (κ2) is 4.71. The SMILES string of the molecule is NCC(c1ccccc1)c1ccccn1. The highest BCUT2D eigenvalue weighted by atomic mass is 14.7. The van der Waals surface area contributed by atoms with Crippen molar-refractivity contribution in [2.45, 2.75) is 5.92 Å². The van der Waals surface area contributed by atoms with Gasteiger partial charge in [0, 0.05) is 24.4 Å². The van der Waals surface area contributed by atoms with Gasteiger partial charge in [-0.25, -0.2) is 0 Å². The molecule has 1 aromatic carbocycles. The fourth-order valence-electron chi connectivity index (χ4n) is 1.70. The first-order valence-corrected chi connectivity index (χ1v) is 5.08. The van der Waals surface area contributed by atoms with Crippen molar-refractivity contribution in [3.63, 3.8) is 0 Å². The lowest BCUT2D eigenvalue weighted by molar-refractivity contribution is 0.787. The van der Waals surface area contributed by atoms with Crippen LogP contribution in [0.15, 0.2) is 54.7 Å². The van der Waals surface area contributed by atoms with Gasteiger partial charge in [-0.15, -0.1) is 0 Å². The average Bonchev–Trinajstić information content (AvgIpc) is 2.33. The lowest BCUT2D eigenvalue weighted by Crippen LogP contribution is -2.14. The van der Waals surface area contributed by atoms with Gasteiger partial charge < -0.3 is 5.73 Å². The van der Waals surface area contributed by atoms with Crippen LogP contribution < -0.4 is 5.73 Å². The monoisotopic (exact) mass is 198 g/mol. The third-order valence-corrected chi connectivity index (χ3v) is 2.48. The molecular formula is C13H14N2. The molecule has 0 saturated carbocycles. The van der Waals surface area contributed by atoms with E-state index in [-0.39, 0.29) is 5.92 Å². The highest BCUT2D eigenvalue weighted by Gasteiger charge is 2.12. The highest BCUT2D eigenvalue weighted by molar-refractivity contribution is 5.28. The quantitative estimate of drug-likeness (QED) is 0.821. The van der Waals surface area contributed by atoms with Crippen molar-refractivity contribution in [2.75, 3.05) is 6.54 Å². The number of hydrogen-bond donors (Lipinski definition) is 1. The molecule has 2 rings (SSSR count). The van der Waals surface area contributed by atoms with Crippen molar-refractivity contribution >= 4 is 0 Å². The van der Waals surface area contributed by atoms with E-state index < -0.39 is 0 Å². The number of nitrogens with zero attached hydrogens (tertiary/aromatic N) is 1. The Morgan fingerprint density at radius 1 is 1.00 bits per heavy atom. The Kier molecular flexibility index (Phi) is 3.10. The van der Waals surface area contributed by atoms with Crippen LogP contribution in [0.2, 0.25) is 0 Å². The molecule has 76 valence electrons. The van der Waals surface area contributed by atoms with E-state index in [1.54, 1.807) is 6.20 Å². The maximum atomic E-state index is 5.80. The van der Waals surface area contributed by atoms with Gasteiger partial charge >= 0.3 is 0 Å². The topological polar surface area (TPSA) is 38.9 Å². The van der Waals surface area contributed by atoms with Gasteiger partial charge in [0.1, 0.15) is 0 Å². The normalized spacial score (nSPS) is 12.3. The minimum atomic E-state index is 0.201. The maximum Gasteiger partial charge on any atom is 0.0491 e. The Morgan fingerprint density at radius 2 is 1.73 bits per heavy atom. The van der Waals surface area contributed by atoms with Crippen molar-refractivity contribution in [3.8, 4) is 0 Å². The molecule has 1 heterocycles. The van der Waals surface area contributed by atoms with Crippen molar-refractivity contribution < 1.29 is 0 Å². The molecule has 2 aromatic rings. The van der Waals surface area contributed by atoms with Gasteiger partial charge in [0.2, 0.25) is 0 Å². The summed E-state index contributed by atoms with van der Waals surface area (Å²) < 4.78 is 0. The van der Waals surface area contributed by atoms with Crippen LogP contribution in [0.3, 0.4) is 0 Å². The second-order valence-electron chi connectivity index (χ2n) is 3.45. The first kappa shape index (κ1) is 9.87. The molecule has 15 heavy (non-hydrogen) atoms. The van der Waals surface area contributed by atoms with E-state index in [1.807, 2.05) is 36.4 Å². The fraction of sp³-hybridized carbons (Fsp3) is 0.154. The molecule has 2 heteroatoms. The van der Waals surface area contributed by atoms with Crippen LogP contribution in [0.25, 0.3) is 0 Å². The van der Waals surface area contributed by atoms with Gasteiger partial charge in [0.25, 0.3) is 0 Å². The number of aromatic nitrogens is 1. The van der Waals surface area contributed by atoms with Crippen LogP contribution in [0.1, 0.15) is 17.2 Å². The van der Waals surface area contributed by atoms with Gasteiger partial charge in [0.15, 0.2) is 0 Å². The summed E-state index contributed by atoms with van der Waals surface area (Å²) in [7, 11) is 0. The molecule has 1 atom stereocenters. The second-order valence-corrected chi connectivity index (χ2v) is 3.45. The zero-order valence-corrected chi connectivity index (χ0v) is 8.51. The first-order chi connectivity index (χ1) is 7.42. The molecule has 0 spiro atoms. The van der Waals surface area contributed by atoms with E-state index in [9.17, 15) is 0 Å². The Morgan fingerprint density at radius 3 is 2.33 bits per heavy atom. The lowest BCUT2D eigenvalue weighted by atomic mass is 9.95. The van der Waals surface area contributed by atoms with Gasteiger partial charge in [-0.1, -0.05) is 36.4 Å². The Hall–Kier alpha value is -1.67. The molecule has 0 aliphatic carbocycles. The van der Waals surface area contributed by atoms with E-state index in [4.69, 9.17) is 5.73 Å². The Balaban J connectivity index is 2.34. The summed E-state index contributed by atoms with van der Waals surface area (Å²) in [5.74, 6) is 0.201. The van der Waals surface area contributed by atoms with E-state index in [0.29, 0.717) is 6.54 Å². The molecule has 0 amide bonds. The summed E-state index contributed by atoms with van der Waals surface area (Å²) in [6.45, 7) is 0.584. The minimum absolute atomic E-state index is 0.201. The summed E-state index contributed by atoms with van der Waals surface area (Å²) in [5.41, 5.74) is 8.05. The number of rotatable bonds is 3. The van der Waals surface area contributed by atoms with E-state index in [1.165, 1.54) is 5.56 Å². The van der Waals surface area contributed by atoms with Crippen LogP contribution in [0, 0.1) is 0 Å². The summed E-state index contributed by atoms with van der Waals surface area (Å²) in [4.78, 5) is 4.35. The fourth-order valence-corrected chi connectivity index (χ4v) is 1.70. The molecule has 0 fully saturated rings. The number of nitrogens with two attached hydrogens (primary N) is 1. The Bertz CT molecular complexity index is 358. The van der Waals surface area contributed by atoms with Crippen LogP contribution in [0.5, 0.6) is 0 Å². The van der Waals surface area contributed by atoms with E-state index in [0.717, 1.165) is 5.69 Å². The molecule has 0 aliphatic heterocycles. The predicted molar refractivity (Wildman–Crippen MR) is 61.6 cm³/mol. The predicted octanol–water partition coefficient (Wildman–Crippen LogP) is 2.17. The van der Waals surface area contributed by atoms with Crippen molar-refractivity contribution in [2.24, 2.45) is 5.73 Å². The smallest absolute Gasteiger partial charge is 0.0491 e. The van der Waals surface area contributed by atoms with Crippen molar-refractivity contribution in [1.29, 1.82) is 0 Å². The zero-order chi connectivity index (χ0) is 10.5. The Labute approximate surface area is 89.8 Å². The molecule has 0 aliphatic rings. The first-order valence-electron chi connectivity index (χ1n) is 5.08. The van der Waals surface area contributed by atoms with E-state index >= 15 is 0 Å². The van der Waals surface area contributed by atoms with E-state index in [2.05, 4.69) is 17.1 Å². The molecule has 2 nitrogen and oxygen atoms in total. The van der Waals surface area contributed by atoms with Crippen molar-refractivity contribution in [1.82, 2.24) is 4.98 Å². The van der Waals surface area contributed by atoms with Crippen LogP contribution in [0.4, 0.5) is 0 Å². The zero-order valence-electron chi connectivity index (χ0n) is 8.51. The van der Waals surface area contributed by atoms with Crippen LogP contribution in [-0.2, 0) is 0 Å². The number of benzene rings is 1. The molecule has 0 radical (unpaired) electrons. The number of pyridine rings is 1. The average molecular weight is 198 g/mol. The van der Waals surface area contributed by atoms with Crippen molar-refractivity contribution in [3.05, 3.63) is 66.0 Å². The molecular weight excluding hydrogens is 184 g/mol. The summed E-state index contributed by atoms with van der Waals surface area (Å²) in [6.07, 6.45) is 1.81. The highest BCUT2D eigenvalue weighted by Crippen LogP contribution is 2.20. The minimum Gasteiger partial charge on any atom is -0.329 e. The standard InChI is InChI=1S/C13H14N2/c14-10-12(11-6-2-1-3-7-11)13-8-4-5-9-15-13/h1-9,12H,10,14H2. The molecule has 0 saturated heterocycles.